The third kappa shape index (κ3) is 1.84. The molecule has 0 bridgehead atoms. The first-order valence-corrected chi connectivity index (χ1v) is 5.43. The summed E-state index contributed by atoms with van der Waals surface area (Å²) >= 11 is -1.99. The van der Waals surface area contributed by atoms with E-state index in [4.69, 9.17) is 4.55 Å². The van der Waals surface area contributed by atoms with Crippen molar-refractivity contribution in [3.8, 4) is 0 Å². The van der Waals surface area contributed by atoms with Crippen LogP contribution in [0.2, 0.25) is 0 Å². The summed E-state index contributed by atoms with van der Waals surface area (Å²) in [5.41, 5.74) is 1.11. The lowest BCUT2D eigenvalue weighted by molar-refractivity contribution is 0.564. The van der Waals surface area contributed by atoms with Crippen molar-refractivity contribution in [2.24, 2.45) is 0 Å². The van der Waals surface area contributed by atoms with Crippen molar-refractivity contribution in [2.45, 2.75) is 11.8 Å². The molecule has 0 aliphatic rings. The van der Waals surface area contributed by atoms with Gasteiger partial charge in [0, 0.05) is 11.1 Å². The van der Waals surface area contributed by atoms with Crippen LogP contribution in [0.15, 0.2) is 34.0 Å². The van der Waals surface area contributed by atoms with Crippen molar-refractivity contribution in [3.05, 3.63) is 40.2 Å². The minimum absolute atomic E-state index is 0.139. The second kappa shape index (κ2) is 3.60. The number of fused-ring (bicyclic) bond motifs is 1. The molecular weight excluding hydrogens is 214 g/mol. The Balaban J connectivity index is 2.77. The highest BCUT2D eigenvalue weighted by molar-refractivity contribution is 7.79. The summed E-state index contributed by atoms with van der Waals surface area (Å²) in [5, 5.41) is 0.756. The van der Waals surface area contributed by atoms with Crippen molar-refractivity contribution < 1.29 is 8.76 Å². The van der Waals surface area contributed by atoms with E-state index in [0.29, 0.717) is 16.0 Å². The van der Waals surface area contributed by atoms with Crippen LogP contribution >= 0.6 is 0 Å². The first-order valence-electron chi connectivity index (χ1n) is 4.32. The number of H-pyrrole nitrogens is 1. The Morgan fingerprint density at radius 3 is 2.73 bits per heavy atom. The highest BCUT2D eigenvalue weighted by Gasteiger charge is 2.03. The number of nitrogens with one attached hydrogen (secondary N) is 1. The van der Waals surface area contributed by atoms with Gasteiger partial charge in [-0.05, 0) is 36.6 Å². The van der Waals surface area contributed by atoms with Crippen LogP contribution in [0.1, 0.15) is 5.56 Å². The summed E-state index contributed by atoms with van der Waals surface area (Å²) < 4.78 is 19.7. The van der Waals surface area contributed by atoms with Crippen molar-refractivity contribution >= 4 is 22.0 Å². The summed E-state index contributed by atoms with van der Waals surface area (Å²) in [6.45, 7) is 1.70. The molecule has 0 radical (unpaired) electrons. The number of aryl methyl sites for hydroxylation is 1. The highest BCUT2D eigenvalue weighted by Crippen LogP contribution is 2.15. The van der Waals surface area contributed by atoms with Crippen LogP contribution in [0.25, 0.3) is 10.9 Å². The Hall–Kier alpha value is -1.46. The van der Waals surface area contributed by atoms with Gasteiger partial charge in [-0.2, -0.15) is 0 Å². The van der Waals surface area contributed by atoms with E-state index in [2.05, 4.69) is 4.98 Å². The second-order valence-corrected chi connectivity index (χ2v) is 4.25. The van der Waals surface area contributed by atoms with Crippen LogP contribution < -0.4 is 5.56 Å². The minimum atomic E-state index is -1.99. The fraction of sp³-hybridized carbons (Fsp3) is 0.100. The Morgan fingerprint density at radius 2 is 2.07 bits per heavy atom. The Kier molecular flexibility index (Phi) is 2.42. The van der Waals surface area contributed by atoms with E-state index in [1.165, 1.54) is 6.07 Å². The molecule has 0 saturated heterocycles. The Bertz CT molecular complexity index is 603. The van der Waals surface area contributed by atoms with E-state index < -0.39 is 11.1 Å². The molecule has 0 saturated carbocycles. The Morgan fingerprint density at radius 1 is 1.33 bits per heavy atom. The van der Waals surface area contributed by atoms with Crippen molar-refractivity contribution in [1.29, 1.82) is 0 Å². The summed E-state index contributed by atoms with van der Waals surface area (Å²) in [4.78, 5) is 14.3. The first-order chi connectivity index (χ1) is 7.08. The molecule has 1 unspecified atom stereocenters. The summed E-state index contributed by atoms with van der Waals surface area (Å²) in [7, 11) is 0. The van der Waals surface area contributed by atoms with Crippen LogP contribution in [-0.2, 0) is 11.1 Å². The monoisotopic (exact) mass is 223 g/mol. The number of aromatic amines is 1. The lowest BCUT2D eigenvalue weighted by atomic mass is 10.2. The molecule has 5 heteroatoms. The average Bonchev–Trinajstić information content (AvgIpc) is 2.19. The third-order valence-electron chi connectivity index (χ3n) is 2.20. The van der Waals surface area contributed by atoms with Gasteiger partial charge in [0.25, 0.3) is 5.56 Å². The zero-order chi connectivity index (χ0) is 11.0. The number of benzene rings is 1. The molecule has 1 heterocycles. The van der Waals surface area contributed by atoms with Crippen molar-refractivity contribution in [1.82, 2.24) is 4.98 Å². The maximum absolute atomic E-state index is 11.3. The van der Waals surface area contributed by atoms with Crippen LogP contribution in [0.4, 0.5) is 0 Å². The van der Waals surface area contributed by atoms with E-state index in [1.807, 2.05) is 0 Å². The van der Waals surface area contributed by atoms with Gasteiger partial charge in [-0.15, -0.1) is 0 Å². The maximum atomic E-state index is 11.3. The van der Waals surface area contributed by atoms with Crippen LogP contribution in [0.3, 0.4) is 0 Å². The molecule has 0 aliphatic carbocycles. The highest BCUT2D eigenvalue weighted by atomic mass is 32.2. The predicted molar refractivity (Wildman–Crippen MR) is 58.3 cm³/mol. The van der Waals surface area contributed by atoms with Crippen molar-refractivity contribution in [2.75, 3.05) is 0 Å². The predicted octanol–water partition coefficient (Wildman–Crippen LogP) is 1.42. The van der Waals surface area contributed by atoms with Crippen LogP contribution in [0.5, 0.6) is 0 Å². The molecule has 0 aliphatic heterocycles. The van der Waals surface area contributed by atoms with Gasteiger partial charge >= 0.3 is 0 Å². The lowest BCUT2D eigenvalue weighted by Gasteiger charge is -2.01. The molecule has 2 rings (SSSR count). The topological polar surface area (TPSA) is 70.2 Å². The molecule has 1 aromatic heterocycles. The summed E-state index contributed by atoms with van der Waals surface area (Å²) in [6.07, 6.45) is 0. The number of hydrogen-bond donors (Lipinski definition) is 2. The van der Waals surface area contributed by atoms with E-state index in [0.717, 1.165) is 5.39 Å². The molecule has 0 amide bonds. The molecule has 1 atom stereocenters. The fourth-order valence-electron chi connectivity index (χ4n) is 1.40. The molecule has 0 fully saturated rings. The van der Waals surface area contributed by atoms with Gasteiger partial charge in [0.2, 0.25) is 0 Å². The molecular formula is C10H9NO3S. The minimum Gasteiger partial charge on any atom is -0.322 e. The van der Waals surface area contributed by atoms with Gasteiger partial charge in [-0.25, -0.2) is 4.21 Å². The van der Waals surface area contributed by atoms with Gasteiger partial charge in [0.15, 0.2) is 11.1 Å². The molecule has 1 aromatic carbocycles. The van der Waals surface area contributed by atoms with Gasteiger partial charge < -0.3 is 9.54 Å². The Labute approximate surface area is 88.2 Å². The zero-order valence-electron chi connectivity index (χ0n) is 7.98. The zero-order valence-corrected chi connectivity index (χ0v) is 8.80. The fourth-order valence-corrected chi connectivity index (χ4v) is 1.81. The normalized spacial score (nSPS) is 12.9. The van der Waals surface area contributed by atoms with E-state index in [1.54, 1.807) is 25.1 Å². The molecule has 78 valence electrons. The van der Waals surface area contributed by atoms with E-state index in [9.17, 15) is 9.00 Å². The van der Waals surface area contributed by atoms with E-state index >= 15 is 0 Å². The van der Waals surface area contributed by atoms with Gasteiger partial charge in [-0.1, -0.05) is 0 Å². The molecule has 4 nitrogen and oxygen atoms in total. The molecule has 15 heavy (non-hydrogen) atoms. The van der Waals surface area contributed by atoms with Gasteiger partial charge in [-0.3, -0.25) is 4.79 Å². The number of hydrogen-bond acceptors (Lipinski definition) is 2. The van der Waals surface area contributed by atoms with Crippen LogP contribution in [-0.4, -0.2) is 13.7 Å². The molecule has 2 aromatic rings. The quantitative estimate of drug-likeness (QED) is 0.718. The largest absolute Gasteiger partial charge is 0.322 e. The maximum Gasteiger partial charge on any atom is 0.251 e. The third-order valence-corrected chi connectivity index (χ3v) is 2.86. The smallest absolute Gasteiger partial charge is 0.251 e. The van der Waals surface area contributed by atoms with Gasteiger partial charge in [0.1, 0.15) is 0 Å². The number of rotatable bonds is 1. The lowest BCUT2D eigenvalue weighted by Crippen LogP contribution is -2.08. The average molecular weight is 223 g/mol. The van der Waals surface area contributed by atoms with Gasteiger partial charge in [0.05, 0.1) is 4.90 Å². The van der Waals surface area contributed by atoms with E-state index in [-0.39, 0.29) is 5.56 Å². The summed E-state index contributed by atoms with van der Waals surface area (Å²) in [5.74, 6) is 0. The number of pyridine rings is 1. The standard InChI is InChI=1S/C10H9NO3S/c1-6-4-7-5-8(15(13)14)2-3-9(7)11-10(6)12/h2-5H,1H3,(H,11,12)(H,13,14). The van der Waals surface area contributed by atoms with Crippen molar-refractivity contribution in [3.63, 3.8) is 0 Å². The molecule has 2 N–H and O–H groups in total. The first kappa shape index (κ1) is 10.1. The number of aromatic nitrogens is 1. The second-order valence-electron chi connectivity index (χ2n) is 3.28. The van der Waals surface area contributed by atoms with Crippen LogP contribution in [0, 0.1) is 6.92 Å². The summed E-state index contributed by atoms with van der Waals surface area (Å²) in [6, 6.07) is 6.43. The SMILES string of the molecule is Cc1cc2cc(S(=O)O)ccc2[nH]c1=O. The molecule has 0 spiro atoms.